The first-order valence-electron chi connectivity index (χ1n) is 7.58. The minimum atomic E-state index is -0.961. The Labute approximate surface area is 139 Å². The third-order valence-corrected chi connectivity index (χ3v) is 3.76. The molecule has 3 rings (SSSR count). The number of nitrogens with zero attached hydrogens (tertiary/aromatic N) is 1. The molecule has 0 bridgehead atoms. The van der Waals surface area contributed by atoms with Crippen molar-refractivity contribution in [3.05, 3.63) is 54.2 Å². The van der Waals surface area contributed by atoms with Gasteiger partial charge in [-0.3, -0.25) is 0 Å². The van der Waals surface area contributed by atoms with Crippen molar-refractivity contribution < 1.29 is 19.4 Å². The van der Waals surface area contributed by atoms with E-state index in [0.29, 0.717) is 18.2 Å². The fourth-order valence-corrected chi connectivity index (χ4v) is 2.70. The highest BCUT2D eigenvalue weighted by Crippen LogP contribution is 2.38. The SMILES string of the molecule is CCOc1ncc(-c2cccc(C(=O)O)c2)c2cccc(OC)c12. The van der Waals surface area contributed by atoms with Crippen molar-refractivity contribution in [3.63, 3.8) is 0 Å². The summed E-state index contributed by atoms with van der Waals surface area (Å²) in [5, 5.41) is 10.9. The van der Waals surface area contributed by atoms with E-state index in [1.807, 2.05) is 31.2 Å². The zero-order valence-corrected chi connectivity index (χ0v) is 13.4. The van der Waals surface area contributed by atoms with E-state index in [-0.39, 0.29) is 5.56 Å². The second-order valence-electron chi connectivity index (χ2n) is 5.18. The van der Waals surface area contributed by atoms with Gasteiger partial charge in [0.05, 0.1) is 24.7 Å². The summed E-state index contributed by atoms with van der Waals surface area (Å²) < 4.78 is 11.1. The molecule has 0 aliphatic carbocycles. The van der Waals surface area contributed by atoms with Gasteiger partial charge in [0, 0.05) is 17.1 Å². The summed E-state index contributed by atoms with van der Waals surface area (Å²) in [5.41, 5.74) is 1.84. The van der Waals surface area contributed by atoms with Crippen LogP contribution in [0, 0.1) is 0 Å². The number of aromatic nitrogens is 1. The lowest BCUT2D eigenvalue weighted by atomic mass is 9.98. The standard InChI is InChI=1S/C19H17NO4/c1-3-24-18-17-14(8-5-9-16(17)23-2)15(11-20-18)12-6-4-7-13(10-12)19(21)22/h4-11H,3H2,1-2H3,(H,21,22). The van der Waals surface area contributed by atoms with Gasteiger partial charge in [0.25, 0.3) is 0 Å². The van der Waals surface area contributed by atoms with Crippen molar-refractivity contribution in [3.8, 4) is 22.8 Å². The lowest BCUT2D eigenvalue weighted by molar-refractivity contribution is 0.0697. The Morgan fingerprint density at radius 1 is 1.21 bits per heavy atom. The van der Waals surface area contributed by atoms with Gasteiger partial charge in [0.2, 0.25) is 5.88 Å². The Balaban J connectivity index is 2.28. The first kappa shape index (κ1) is 15.8. The maximum atomic E-state index is 11.2. The molecule has 2 aromatic carbocycles. The van der Waals surface area contributed by atoms with Crippen LogP contribution in [0.25, 0.3) is 21.9 Å². The lowest BCUT2D eigenvalue weighted by Crippen LogP contribution is -1.99. The van der Waals surface area contributed by atoms with E-state index in [4.69, 9.17) is 9.47 Å². The first-order valence-corrected chi connectivity index (χ1v) is 7.58. The summed E-state index contributed by atoms with van der Waals surface area (Å²) in [6.45, 7) is 2.39. The van der Waals surface area contributed by atoms with Gasteiger partial charge >= 0.3 is 5.97 Å². The monoisotopic (exact) mass is 323 g/mol. The van der Waals surface area contributed by atoms with E-state index in [1.54, 1.807) is 31.5 Å². The molecule has 122 valence electrons. The van der Waals surface area contributed by atoms with Gasteiger partial charge < -0.3 is 14.6 Å². The highest BCUT2D eigenvalue weighted by molar-refractivity contribution is 6.03. The summed E-state index contributed by atoms with van der Waals surface area (Å²) >= 11 is 0. The quantitative estimate of drug-likeness (QED) is 0.768. The third-order valence-electron chi connectivity index (χ3n) is 3.76. The number of methoxy groups -OCH3 is 1. The summed E-state index contributed by atoms with van der Waals surface area (Å²) in [6.07, 6.45) is 1.70. The number of benzene rings is 2. The molecule has 0 aliphatic rings. The van der Waals surface area contributed by atoms with Crippen LogP contribution in [-0.4, -0.2) is 29.8 Å². The Morgan fingerprint density at radius 2 is 2.00 bits per heavy atom. The van der Waals surface area contributed by atoms with Gasteiger partial charge in [0.15, 0.2) is 0 Å². The van der Waals surface area contributed by atoms with Crippen LogP contribution >= 0.6 is 0 Å². The smallest absolute Gasteiger partial charge is 0.335 e. The van der Waals surface area contributed by atoms with Crippen LogP contribution in [0.1, 0.15) is 17.3 Å². The van der Waals surface area contributed by atoms with E-state index in [2.05, 4.69) is 4.98 Å². The molecule has 24 heavy (non-hydrogen) atoms. The van der Waals surface area contributed by atoms with E-state index < -0.39 is 5.97 Å². The van der Waals surface area contributed by atoms with Crippen molar-refractivity contribution in [2.75, 3.05) is 13.7 Å². The van der Waals surface area contributed by atoms with Crippen molar-refractivity contribution in [1.29, 1.82) is 0 Å². The van der Waals surface area contributed by atoms with Gasteiger partial charge in [0.1, 0.15) is 5.75 Å². The number of pyridine rings is 1. The molecule has 1 N–H and O–H groups in total. The van der Waals surface area contributed by atoms with E-state index in [1.165, 1.54) is 0 Å². The van der Waals surface area contributed by atoms with E-state index in [0.717, 1.165) is 21.9 Å². The molecule has 1 heterocycles. The highest BCUT2D eigenvalue weighted by atomic mass is 16.5. The van der Waals surface area contributed by atoms with Crippen molar-refractivity contribution in [2.45, 2.75) is 6.92 Å². The van der Waals surface area contributed by atoms with Crippen LogP contribution < -0.4 is 9.47 Å². The fraction of sp³-hybridized carbons (Fsp3) is 0.158. The number of hydrogen-bond acceptors (Lipinski definition) is 4. The number of hydrogen-bond donors (Lipinski definition) is 1. The predicted octanol–water partition coefficient (Wildman–Crippen LogP) is 4.01. The Hall–Kier alpha value is -3.08. The highest BCUT2D eigenvalue weighted by Gasteiger charge is 2.15. The second-order valence-corrected chi connectivity index (χ2v) is 5.18. The summed E-state index contributed by atoms with van der Waals surface area (Å²) in [4.78, 5) is 15.6. The molecule has 3 aromatic rings. The molecule has 0 saturated heterocycles. The van der Waals surface area contributed by atoms with Crippen LogP contribution in [0.15, 0.2) is 48.7 Å². The number of carboxylic acids is 1. The second kappa shape index (κ2) is 6.58. The van der Waals surface area contributed by atoms with E-state index >= 15 is 0 Å². The maximum Gasteiger partial charge on any atom is 0.335 e. The molecule has 0 aliphatic heterocycles. The van der Waals surface area contributed by atoms with Gasteiger partial charge in [-0.1, -0.05) is 24.3 Å². The van der Waals surface area contributed by atoms with Gasteiger partial charge in [-0.15, -0.1) is 0 Å². The van der Waals surface area contributed by atoms with Crippen molar-refractivity contribution in [1.82, 2.24) is 4.98 Å². The van der Waals surface area contributed by atoms with Crippen LogP contribution in [-0.2, 0) is 0 Å². The molecular formula is C19H17NO4. The Bertz CT molecular complexity index is 905. The van der Waals surface area contributed by atoms with Gasteiger partial charge in [-0.2, -0.15) is 0 Å². The molecule has 0 spiro atoms. The number of rotatable bonds is 5. The normalized spacial score (nSPS) is 10.6. The molecule has 0 fully saturated rings. The summed E-state index contributed by atoms with van der Waals surface area (Å²) in [7, 11) is 1.60. The fourth-order valence-electron chi connectivity index (χ4n) is 2.70. The zero-order chi connectivity index (χ0) is 17.1. The topological polar surface area (TPSA) is 68.7 Å². The van der Waals surface area contributed by atoms with E-state index in [9.17, 15) is 9.90 Å². The number of fused-ring (bicyclic) bond motifs is 1. The Morgan fingerprint density at radius 3 is 2.71 bits per heavy atom. The number of aromatic carboxylic acids is 1. The molecule has 0 amide bonds. The van der Waals surface area contributed by atoms with Crippen molar-refractivity contribution in [2.24, 2.45) is 0 Å². The molecule has 0 radical (unpaired) electrons. The van der Waals surface area contributed by atoms with Gasteiger partial charge in [-0.25, -0.2) is 9.78 Å². The van der Waals surface area contributed by atoms with Crippen LogP contribution in [0.4, 0.5) is 0 Å². The first-order chi connectivity index (χ1) is 11.7. The third kappa shape index (κ3) is 2.76. The predicted molar refractivity (Wildman–Crippen MR) is 91.9 cm³/mol. The average molecular weight is 323 g/mol. The number of ether oxygens (including phenoxy) is 2. The van der Waals surface area contributed by atoms with Gasteiger partial charge in [-0.05, 0) is 30.7 Å². The number of carbonyl (C=O) groups is 1. The van der Waals surface area contributed by atoms with Crippen molar-refractivity contribution >= 4 is 16.7 Å². The molecule has 1 aromatic heterocycles. The Kier molecular flexibility index (Phi) is 4.33. The molecule has 5 heteroatoms. The lowest BCUT2D eigenvalue weighted by Gasteiger charge is -2.14. The largest absolute Gasteiger partial charge is 0.496 e. The summed E-state index contributed by atoms with van der Waals surface area (Å²) in [6, 6.07) is 12.5. The average Bonchev–Trinajstić information content (AvgIpc) is 2.61. The molecular weight excluding hydrogens is 306 g/mol. The molecule has 0 saturated carbocycles. The summed E-state index contributed by atoms with van der Waals surface area (Å²) in [5.74, 6) is 0.209. The van der Waals surface area contributed by atoms with Crippen LogP contribution in [0.2, 0.25) is 0 Å². The maximum absolute atomic E-state index is 11.2. The minimum Gasteiger partial charge on any atom is -0.496 e. The minimum absolute atomic E-state index is 0.234. The molecule has 0 unspecified atom stereocenters. The molecule has 0 atom stereocenters. The zero-order valence-electron chi connectivity index (χ0n) is 13.4. The molecule has 5 nitrogen and oxygen atoms in total. The number of carboxylic acid groups (broad SMARTS) is 1. The van der Waals surface area contributed by atoms with Crippen LogP contribution in [0.5, 0.6) is 11.6 Å². The van der Waals surface area contributed by atoms with Crippen LogP contribution in [0.3, 0.4) is 0 Å².